The average Bonchev–Trinajstić information content (AvgIpc) is 2.80. The maximum absolute atomic E-state index is 12.3. The molecule has 162 valence electrons. The van der Waals surface area contributed by atoms with E-state index < -0.39 is 17.9 Å². The highest BCUT2D eigenvalue weighted by Gasteiger charge is 2.27. The van der Waals surface area contributed by atoms with Crippen LogP contribution in [0.5, 0.6) is 11.5 Å². The average molecular weight is 416 g/mol. The van der Waals surface area contributed by atoms with Crippen molar-refractivity contribution in [3.8, 4) is 11.5 Å². The number of nitrogens with zero attached hydrogens (tertiary/aromatic N) is 1. The van der Waals surface area contributed by atoms with E-state index >= 15 is 0 Å². The lowest BCUT2D eigenvalue weighted by molar-refractivity contribution is -0.150. The van der Waals surface area contributed by atoms with E-state index in [-0.39, 0.29) is 29.7 Å². The van der Waals surface area contributed by atoms with Crippen LogP contribution in [0.3, 0.4) is 0 Å². The summed E-state index contributed by atoms with van der Waals surface area (Å²) in [6.45, 7) is 4.67. The Balaban J connectivity index is 0.000000386. The van der Waals surface area contributed by atoms with Crippen molar-refractivity contribution < 1.29 is 28.9 Å². The molecule has 8 heteroatoms. The third-order valence-electron chi connectivity index (χ3n) is 4.39. The van der Waals surface area contributed by atoms with Crippen molar-refractivity contribution in [2.75, 3.05) is 20.3 Å². The van der Waals surface area contributed by atoms with Crippen LogP contribution < -0.4 is 10.1 Å². The largest absolute Gasteiger partial charge is 0.503 e. The molecule has 1 unspecified atom stereocenters. The van der Waals surface area contributed by atoms with Crippen molar-refractivity contribution in [1.29, 1.82) is 0 Å². The van der Waals surface area contributed by atoms with E-state index in [9.17, 15) is 14.7 Å². The molecule has 1 aromatic carbocycles. The van der Waals surface area contributed by atoms with Crippen LogP contribution in [0, 0.1) is 6.92 Å². The van der Waals surface area contributed by atoms with Crippen LogP contribution >= 0.6 is 0 Å². The smallest absolute Gasteiger partial charge is 0.329 e. The minimum absolute atomic E-state index is 0.124. The number of carbonyl (C=O) groups excluding carboxylic acids is 2. The fourth-order valence-electron chi connectivity index (χ4n) is 2.67. The SMILES string of the molecule is COc1ccnc(C(=O)N[C@H]2CCOCCC(C)OC2=O)c1O.Cc1ccccc1. The minimum atomic E-state index is -0.865. The van der Waals surface area contributed by atoms with Gasteiger partial charge in [-0.2, -0.15) is 0 Å². The number of benzene rings is 1. The summed E-state index contributed by atoms with van der Waals surface area (Å²) in [5, 5.41) is 12.5. The molecular weight excluding hydrogens is 388 g/mol. The molecule has 30 heavy (non-hydrogen) atoms. The summed E-state index contributed by atoms with van der Waals surface area (Å²) in [4.78, 5) is 28.2. The molecule has 0 saturated carbocycles. The number of aromatic hydroxyl groups is 1. The predicted octanol–water partition coefficient (Wildman–Crippen LogP) is 2.63. The normalized spacial score (nSPS) is 19.1. The Kier molecular flexibility index (Phi) is 9.08. The summed E-state index contributed by atoms with van der Waals surface area (Å²) in [5.74, 6) is -1.47. The van der Waals surface area contributed by atoms with Crippen molar-refractivity contribution in [2.45, 2.75) is 38.8 Å². The number of aromatic nitrogens is 1. The van der Waals surface area contributed by atoms with Crippen LogP contribution in [-0.2, 0) is 14.3 Å². The highest BCUT2D eigenvalue weighted by Crippen LogP contribution is 2.27. The molecule has 2 aromatic rings. The van der Waals surface area contributed by atoms with Crippen LogP contribution in [0.4, 0.5) is 0 Å². The first-order chi connectivity index (χ1) is 14.4. The van der Waals surface area contributed by atoms with Crippen molar-refractivity contribution in [3.05, 3.63) is 53.9 Å². The van der Waals surface area contributed by atoms with Gasteiger partial charge < -0.3 is 24.6 Å². The van der Waals surface area contributed by atoms with Crippen LogP contribution in [-0.4, -0.2) is 54.4 Å². The van der Waals surface area contributed by atoms with E-state index in [1.54, 1.807) is 6.92 Å². The van der Waals surface area contributed by atoms with Gasteiger partial charge in [-0.15, -0.1) is 0 Å². The van der Waals surface area contributed by atoms with Gasteiger partial charge in [0.15, 0.2) is 17.2 Å². The monoisotopic (exact) mass is 416 g/mol. The van der Waals surface area contributed by atoms with Crippen molar-refractivity contribution in [2.24, 2.45) is 0 Å². The molecule has 2 atom stereocenters. The van der Waals surface area contributed by atoms with Gasteiger partial charge in [0.25, 0.3) is 5.91 Å². The Morgan fingerprint density at radius 2 is 1.90 bits per heavy atom. The van der Waals surface area contributed by atoms with Crippen molar-refractivity contribution in [3.63, 3.8) is 0 Å². The minimum Gasteiger partial charge on any atom is -0.503 e. The fraction of sp³-hybridized carbons (Fsp3) is 0.409. The molecule has 0 aliphatic carbocycles. The van der Waals surface area contributed by atoms with Crippen LogP contribution in [0.1, 0.15) is 35.8 Å². The molecule has 1 fully saturated rings. The number of amides is 1. The summed E-state index contributed by atoms with van der Waals surface area (Å²) in [6.07, 6.45) is 1.93. The molecule has 8 nitrogen and oxygen atoms in total. The number of hydrogen-bond donors (Lipinski definition) is 2. The number of carbonyl (C=O) groups is 2. The number of pyridine rings is 1. The Hall–Kier alpha value is -3.13. The fourth-order valence-corrected chi connectivity index (χ4v) is 2.67. The lowest BCUT2D eigenvalue weighted by Gasteiger charge is -2.18. The van der Waals surface area contributed by atoms with Gasteiger partial charge in [-0.25, -0.2) is 9.78 Å². The maximum Gasteiger partial charge on any atom is 0.329 e. The first-order valence-electron chi connectivity index (χ1n) is 9.75. The highest BCUT2D eigenvalue weighted by molar-refractivity contribution is 5.97. The van der Waals surface area contributed by atoms with Crippen molar-refractivity contribution in [1.82, 2.24) is 10.3 Å². The van der Waals surface area contributed by atoms with E-state index in [0.717, 1.165) is 0 Å². The third kappa shape index (κ3) is 7.04. The zero-order valence-corrected chi connectivity index (χ0v) is 17.5. The summed E-state index contributed by atoms with van der Waals surface area (Å²) in [5.41, 5.74) is 1.11. The molecule has 1 aromatic heterocycles. The third-order valence-corrected chi connectivity index (χ3v) is 4.39. The molecule has 0 spiro atoms. The van der Waals surface area contributed by atoms with E-state index in [1.165, 1.54) is 24.9 Å². The molecule has 1 aliphatic rings. The Morgan fingerprint density at radius 3 is 2.53 bits per heavy atom. The number of cyclic esters (lactones) is 1. The molecule has 0 radical (unpaired) electrons. The molecule has 0 bridgehead atoms. The number of ether oxygens (including phenoxy) is 3. The zero-order chi connectivity index (χ0) is 21.9. The van der Waals surface area contributed by atoms with Crippen LogP contribution in [0.2, 0.25) is 0 Å². The Morgan fingerprint density at radius 1 is 1.20 bits per heavy atom. The highest BCUT2D eigenvalue weighted by atomic mass is 16.5. The quantitative estimate of drug-likeness (QED) is 0.741. The second kappa shape index (κ2) is 11.8. The number of nitrogens with one attached hydrogen (secondary N) is 1. The predicted molar refractivity (Wildman–Crippen MR) is 110 cm³/mol. The summed E-state index contributed by atoms with van der Waals surface area (Å²) in [6, 6.07) is 10.8. The molecule has 1 aliphatic heterocycles. The lowest BCUT2D eigenvalue weighted by Crippen LogP contribution is -2.43. The van der Waals surface area contributed by atoms with Gasteiger partial charge in [0.1, 0.15) is 12.1 Å². The topological polar surface area (TPSA) is 107 Å². The van der Waals surface area contributed by atoms with Gasteiger partial charge >= 0.3 is 5.97 Å². The number of rotatable bonds is 3. The van der Waals surface area contributed by atoms with Crippen LogP contribution in [0.15, 0.2) is 42.6 Å². The van der Waals surface area contributed by atoms with Crippen LogP contribution in [0.25, 0.3) is 0 Å². The summed E-state index contributed by atoms with van der Waals surface area (Å²) < 4.78 is 15.6. The Labute approximate surface area is 176 Å². The van der Waals surface area contributed by atoms with Gasteiger partial charge in [0.05, 0.1) is 13.7 Å². The molecular formula is C22H28N2O6. The second-order valence-corrected chi connectivity index (χ2v) is 6.83. The van der Waals surface area contributed by atoms with Gasteiger partial charge in [-0.3, -0.25) is 4.79 Å². The number of methoxy groups -OCH3 is 1. The summed E-state index contributed by atoms with van der Waals surface area (Å²) >= 11 is 0. The Bertz CT molecular complexity index is 828. The number of hydrogen-bond acceptors (Lipinski definition) is 7. The van der Waals surface area contributed by atoms with E-state index in [0.29, 0.717) is 19.6 Å². The molecule has 2 heterocycles. The van der Waals surface area contributed by atoms with E-state index in [2.05, 4.69) is 29.4 Å². The molecule has 3 rings (SSSR count). The van der Waals surface area contributed by atoms with Crippen molar-refractivity contribution >= 4 is 11.9 Å². The lowest BCUT2D eigenvalue weighted by atomic mass is 10.2. The first kappa shape index (κ1) is 23.2. The zero-order valence-electron chi connectivity index (χ0n) is 17.5. The van der Waals surface area contributed by atoms with E-state index in [4.69, 9.17) is 14.2 Å². The summed E-state index contributed by atoms with van der Waals surface area (Å²) in [7, 11) is 1.37. The molecule has 1 saturated heterocycles. The second-order valence-electron chi connectivity index (χ2n) is 6.83. The standard InChI is InChI=1S/C15H20N2O6.C7H8/c1-9-4-7-22-8-5-10(15(20)23-9)17-14(19)12-13(18)11(21-2)3-6-16-12;1-7-5-3-2-4-6-7/h3,6,9-10,18H,4-5,7-8H2,1-2H3,(H,17,19);2-6H,1H3/t9?,10-;/m0./s1. The molecule has 1 amide bonds. The maximum atomic E-state index is 12.3. The number of esters is 1. The van der Waals surface area contributed by atoms with Gasteiger partial charge in [-0.05, 0) is 13.8 Å². The number of aryl methyl sites for hydroxylation is 1. The van der Waals surface area contributed by atoms with E-state index in [1.807, 2.05) is 18.2 Å². The van der Waals surface area contributed by atoms with Gasteiger partial charge in [0, 0.05) is 31.7 Å². The van der Waals surface area contributed by atoms with Gasteiger partial charge in [-0.1, -0.05) is 35.9 Å². The first-order valence-corrected chi connectivity index (χ1v) is 9.75. The molecule has 2 N–H and O–H groups in total. The van der Waals surface area contributed by atoms with Gasteiger partial charge in [0.2, 0.25) is 0 Å².